The first-order chi connectivity index (χ1) is 10.2. The topological polar surface area (TPSA) is 35.6 Å². The molecule has 1 aromatic carbocycles. The van der Waals surface area contributed by atoms with Crippen LogP contribution in [0.1, 0.15) is 37.8 Å². The van der Waals surface area contributed by atoms with Crippen LogP contribution in [0.2, 0.25) is 0 Å². The first-order valence-corrected chi connectivity index (χ1v) is 8.06. The maximum atomic E-state index is 12.3. The molecule has 1 fully saturated rings. The molecule has 4 nitrogen and oxygen atoms in total. The van der Waals surface area contributed by atoms with E-state index in [0.717, 1.165) is 38.9 Å². The van der Waals surface area contributed by atoms with Gasteiger partial charge < -0.3 is 15.1 Å². The summed E-state index contributed by atoms with van der Waals surface area (Å²) in [6.45, 7) is 5.08. The molecule has 2 atom stereocenters. The molecular formula is C17H25N3O. The molecule has 0 aliphatic carbocycles. The van der Waals surface area contributed by atoms with E-state index in [-0.39, 0.29) is 11.9 Å². The number of hydrogen-bond acceptors (Lipinski definition) is 3. The van der Waals surface area contributed by atoms with Crippen LogP contribution < -0.4 is 10.2 Å². The van der Waals surface area contributed by atoms with Gasteiger partial charge >= 0.3 is 0 Å². The average Bonchev–Trinajstić information content (AvgIpc) is 2.84. The van der Waals surface area contributed by atoms with Crippen molar-refractivity contribution in [2.45, 2.75) is 38.3 Å². The molecule has 21 heavy (non-hydrogen) atoms. The third-order valence-electron chi connectivity index (χ3n) is 4.70. The van der Waals surface area contributed by atoms with Gasteiger partial charge in [0.25, 0.3) is 0 Å². The lowest BCUT2D eigenvalue weighted by molar-refractivity contribution is -0.127. The van der Waals surface area contributed by atoms with Crippen molar-refractivity contribution in [3.05, 3.63) is 29.8 Å². The Hall–Kier alpha value is -1.55. The zero-order valence-corrected chi connectivity index (χ0v) is 13.0. The summed E-state index contributed by atoms with van der Waals surface area (Å²) in [4.78, 5) is 16.5. The maximum absolute atomic E-state index is 12.3. The Morgan fingerprint density at radius 3 is 2.76 bits per heavy atom. The summed E-state index contributed by atoms with van der Waals surface area (Å²) in [7, 11) is 1.91. The molecular weight excluding hydrogens is 262 g/mol. The third-order valence-corrected chi connectivity index (χ3v) is 4.70. The minimum absolute atomic E-state index is 0.0308. The van der Waals surface area contributed by atoms with E-state index in [1.54, 1.807) is 0 Å². The summed E-state index contributed by atoms with van der Waals surface area (Å²) in [6, 6.07) is 9.01. The Balaban J connectivity index is 1.86. The molecule has 0 spiro atoms. The summed E-state index contributed by atoms with van der Waals surface area (Å²) in [6.07, 6.45) is 3.16. The van der Waals surface area contributed by atoms with E-state index in [0.29, 0.717) is 6.04 Å². The number of carbonyl (C=O) groups is 1. The number of nitrogens with zero attached hydrogens (tertiary/aromatic N) is 2. The lowest BCUT2D eigenvalue weighted by atomic mass is 9.94. The average molecular weight is 287 g/mol. The van der Waals surface area contributed by atoms with Gasteiger partial charge in [0, 0.05) is 31.9 Å². The molecule has 1 aromatic rings. The Morgan fingerprint density at radius 1 is 1.24 bits per heavy atom. The lowest BCUT2D eigenvalue weighted by Gasteiger charge is -2.39. The fraction of sp³-hybridized carbons (Fsp3) is 0.588. The number of fused-ring (bicyclic) bond motifs is 1. The minimum atomic E-state index is 0.0308. The summed E-state index contributed by atoms with van der Waals surface area (Å²) in [5.74, 6) is 0.268. The molecule has 1 N–H and O–H groups in total. The van der Waals surface area contributed by atoms with Crippen LogP contribution in [0.3, 0.4) is 0 Å². The fourth-order valence-corrected chi connectivity index (χ4v) is 3.54. The van der Waals surface area contributed by atoms with Gasteiger partial charge in [-0.05, 0) is 37.4 Å². The van der Waals surface area contributed by atoms with E-state index >= 15 is 0 Å². The largest absolute Gasteiger partial charge is 0.359 e. The number of anilines is 1. The number of nitrogens with one attached hydrogen (secondary N) is 1. The molecule has 1 saturated heterocycles. The van der Waals surface area contributed by atoms with Gasteiger partial charge in [0.05, 0.1) is 0 Å². The number of benzene rings is 1. The number of carbonyl (C=O) groups excluding carboxylic acids is 1. The van der Waals surface area contributed by atoms with Gasteiger partial charge in [-0.1, -0.05) is 25.1 Å². The molecule has 114 valence electrons. The van der Waals surface area contributed by atoms with E-state index in [4.69, 9.17) is 0 Å². The van der Waals surface area contributed by atoms with E-state index < -0.39 is 0 Å². The summed E-state index contributed by atoms with van der Waals surface area (Å²) in [5, 5.41) is 3.64. The quantitative estimate of drug-likeness (QED) is 0.922. The van der Waals surface area contributed by atoms with E-state index in [2.05, 4.69) is 41.4 Å². The Labute approximate surface area is 127 Å². The van der Waals surface area contributed by atoms with Crippen LogP contribution in [0.4, 0.5) is 5.69 Å². The van der Waals surface area contributed by atoms with Gasteiger partial charge in [-0.3, -0.25) is 4.79 Å². The first-order valence-electron chi connectivity index (χ1n) is 8.06. The SMILES string of the molecule is CCCNC1CCN(C2CCN(C)C2=O)c2ccccc21. The van der Waals surface area contributed by atoms with Crippen molar-refractivity contribution in [1.82, 2.24) is 10.2 Å². The van der Waals surface area contributed by atoms with E-state index in [1.807, 2.05) is 11.9 Å². The molecule has 2 aliphatic rings. The highest BCUT2D eigenvalue weighted by molar-refractivity contribution is 5.87. The Kier molecular flexibility index (Phi) is 4.15. The van der Waals surface area contributed by atoms with Gasteiger partial charge in [-0.15, -0.1) is 0 Å². The molecule has 1 amide bonds. The summed E-state index contributed by atoms with van der Waals surface area (Å²) >= 11 is 0. The Morgan fingerprint density at radius 2 is 2.05 bits per heavy atom. The van der Waals surface area contributed by atoms with E-state index in [1.165, 1.54) is 11.3 Å². The fourth-order valence-electron chi connectivity index (χ4n) is 3.54. The molecule has 3 rings (SSSR count). The number of likely N-dealkylation sites (N-methyl/N-ethyl adjacent to an activating group) is 1. The molecule has 2 unspecified atom stereocenters. The minimum Gasteiger partial charge on any atom is -0.359 e. The van der Waals surface area contributed by atoms with Crippen LogP contribution >= 0.6 is 0 Å². The van der Waals surface area contributed by atoms with Crippen molar-refractivity contribution in [3.63, 3.8) is 0 Å². The molecule has 0 bridgehead atoms. The Bertz CT molecular complexity index is 517. The lowest BCUT2D eigenvalue weighted by Crippen LogP contribution is -2.45. The zero-order valence-electron chi connectivity index (χ0n) is 13.0. The van der Waals surface area contributed by atoms with Crippen molar-refractivity contribution in [2.75, 3.05) is 31.6 Å². The molecule has 0 radical (unpaired) electrons. The van der Waals surface area contributed by atoms with Crippen molar-refractivity contribution in [3.8, 4) is 0 Å². The van der Waals surface area contributed by atoms with Gasteiger partial charge in [0.1, 0.15) is 6.04 Å². The van der Waals surface area contributed by atoms with Crippen molar-refractivity contribution >= 4 is 11.6 Å². The highest BCUT2D eigenvalue weighted by Gasteiger charge is 2.37. The predicted molar refractivity (Wildman–Crippen MR) is 85.5 cm³/mol. The molecule has 2 aliphatic heterocycles. The monoisotopic (exact) mass is 287 g/mol. The second kappa shape index (κ2) is 6.06. The number of likely N-dealkylation sites (tertiary alicyclic amines) is 1. The van der Waals surface area contributed by atoms with Crippen LogP contribution in [0.5, 0.6) is 0 Å². The van der Waals surface area contributed by atoms with Crippen molar-refractivity contribution < 1.29 is 4.79 Å². The summed E-state index contributed by atoms with van der Waals surface area (Å²) in [5.41, 5.74) is 2.59. The predicted octanol–water partition coefficient (Wildman–Crippen LogP) is 2.17. The molecule has 2 heterocycles. The third kappa shape index (κ3) is 2.64. The normalized spacial score (nSPS) is 25.3. The first kappa shape index (κ1) is 14.4. The van der Waals surface area contributed by atoms with Gasteiger partial charge in [-0.25, -0.2) is 0 Å². The number of amides is 1. The second-order valence-electron chi connectivity index (χ2n) is 6.11. The molecule has 4 heteroatoms. The van der Waals surface area contributed by atoms with Gasteiger partial charge in [0.15, 0.2) is 0 Å². The smallest absolute Gasteiger partial charge is 0.245 e. The highest BCUT2D eigenvalue weighted by atomic mass is 16.2. The standard InChI is InChI=1S/C17H25N3O/c1-3-10-18-14-8-12-20(15-7-5-4-6-13(14)15)16-9-11-19(2)17(16)21/h4-7,14,16,18H,3,8-12H2,1-2H3. The van der Waals surface area contributed by atoms with E-state index in [9.17, 15) is 4.79 Å². The summed E-state index contributed by atoms with van der Waals surface area (Å²) < 4.78 is 0. The zero-order chi connectivity index (χ0) is 14.8. The molecule has 0 aromatic heterocycles. The van der Waals surface area contributed by atoms with Crippen molar-refractivity contribution in [1.29, 1.82) is 0 Å². The highest BCUT2D eigenvalue weighted by Crippen LogP contribution is 2.36. The number of rotatable bonds is 4. The maximum Gasteiger partial charge on any atom is 0.245 e. The second-order valence-corrected chi connectivity index (χ2v) is 6.11. The van der Waals surface area contributed by atoms with Crippen LogP contribution in [-0.4, -0.2) is 43.5 Å². The van der Waals surface area contributed by atoms with Crippen LogP contribution in [0.25, 0.3) is 0 Å². The van der Waals surface area contributed by atoms with Gasteiger partial charge in [-0.2, -0.15) is 0 Å². The number of para-hydroxylation sites is 1. The molecule has 0 saturated carbocycles. The van der Waals surface area contributed by atoms with Gasteiger partial charge in [0.2, 0.25) is 5.91 Å². The number of hydrogen-bond donors (Lipinski definition) is 1. The van der Waals surface area contributed by atoms with Crippen LogP contribution in [0, 0.1) is 0 Å². The van der Waals surface area contributed by atoms with Crippen molar-refractivity contribution in [2.24, 2.45) is 0 Å². The van der Waals surface area contributed by atoms with Crippen LogP contribution in [-0.2, 0) is 4.79 Å². The van der Waals surface area contributed by atoms with Crippen LogP contribution in [0.15, 0.2) is 24.3 Å².